The first kappa shape index (κ1) is 10.9. The van der Waals surface area contributed by atoms with Crippen molar-refractivity contribution in [3.63, 3.8) is 0 Å². The summed E-state index contributed by atoms with van der Waals surface area (Å²) in [5, 5.41) is 6.33. The summed E-state index contributed by atoms with van der Waals surface area (Å²) in [7, 11) is 0. The minimum Gasteiger partial charge on any atom is -0.354 e. The number of carbonyl (C=O) groups is 1. The van der Waals surface area contributed by atoms with Crippen LogP contribution in [0.15, 0.2) is 0 Å². The molecule has 4 N–H and O–H groups in total. The number of amides is 1. The lowest BCUT2D eigenvalue weighted by Crippen LogP contribution is -2.48. The first-order valence-electron chi connectivity index (χ1n) is 5.99. The maximum absolute atomic E-state index is 12.2. The molecule has 0 aromatic rings. The molecular formula is C11H21N3O. The lowest BCUT2D eigenvalue weighted by molar-refractivity contribution is -0.133. The maximum atomic E-state index is 12.2. The fourth-order valence-electron chi connectivity index (χ4n) is 3.05. The molecule has 1 aliphatic carbocycles. The van der Waals surface area contributed by atoms with Crippen LogP contribution >= 0.6 is 0 Å². The molecule has 0 radical (unpaired) electrons. The summed E-state index contributed by atoms with van der Waals surface area (Å²) < 4.78 is 0. The van der Waals surface area contributed by atoms with Gasteiger partial charge in [0.1, 0.15) is 0 Å². The molecule has 86 valence electrons. The number of hydrogen-bond donors (Lipinski definition) is 3. The second-order valence-corrected chi connectivity index (χ2v) is 4.77. The fourth-order valence-corrected chi connectivity index (χ4v) is 3.05. The van der Waals surface area contributed by atoms with E-state index in [1.54, 1.807) is 0 Å². The third-order valence-corrected chi connectivity index (χ3v) is 3.92. The van der Waals surface area contributed by atoms with Crippen LogP contribution in [0.2, 0.25) is 0 Å². The lowest BCUT2D eigenvalue weighted by atomic mass is 9.67. The van der Waals surface area contributed by atoms with Crippen molar-refractivity contribution in [2.75, 3.05) is 26.2 Å². The molecule has 0 bridgehead atoms. The molecule has 1 saturated carbocycles. The Morgan fingerprint density at radius 3 is 3.20 bits per heavy atom. The Kier molecular flexibility index (Phi) is 3.26. The Morgan fingerprint density at radius 2 is 2.40 bits per heavy atom. The summed E-state index contributed by atoms with van der Waals surface area (Å²) in [4.78, 5) is 12.2. The average molecular weight is 211 g/mol. The highest BCUT2D eigenvalue weighted by Gasteiger charge is 2.49. The molecule has 2 rings (SSSR count). The fraction of sp³-hybridized carbons (Fsp3) is 0.909. The van der Waals surface area contributed by atoms with Crippen molar-refractivity contribution in [3.8, 4) is 0 Å². The Balaban J connectivity index is 2.04. The Bertz CT molecular complexity index is 244. The predicted octanol–water partition coefficient (Wildman–Crippen LogP) is -0.159. The molecule has 0 aromatic carbocycles. The molecular weight excluding hydrogens is 190 g/mol. The van der Waals surface area contributed by atoms with Crippen molar-refractivity contribution in [1.82, 2.24) is 10.6 Å². The highest BCUT2D eigenvalue weighted by Crippen LogP contribution is 2.43. The van der Waals surface area contributed by atoms with Gasteiger partial charge in [0.25, 0.3) is 0 Å². The zero-order valence-corrected chi connectivity index (χ0v) is 9.22. The number of nitrogens with two attached hydrogens (primary N) is 1. The monoisotopic (exact) mass is 211 g/mol. The molecule has 1 aliphatic heterocycles. The van der Waals surface area contributed by atoms with E-state index in [9.17, 15) is 4.79 Å². The van der Waals surface area contributed by atoms with Crippen LogP contribution in [0.1, 0.15) is 25.7 Å². The summed E-state index contributed by atoms with van der Waals surface area (Å²) in [6.07, 6.45) is 4.70. The van der Waals surface area contributed by atoms with E-state index >= 15 is 0 Å². The van der Waals surface area contributed by atoms with Crippen LogP contribution < -0.4 is 16.4 Å². The van der Waals surface area contributed by atoms with Gasteiger partial charge in [0.05, 0.1) is 5.41 Å². The Hall–Kier alpha value is -0.610. The van der Waals surface area contributed by atoms with E-state index in [1.807, 2.05) is 0 Å². The zero-order valence-electron chi connectivity index (χ0n) is 9.22. The Labute approximate surface area is 91.0 Å². The van der Waals surface area contributed by atoms with Gasteiger partial charge in [-0.15, -0.1) is 0 Å². The average Bonchev–Trinajstić information content (AvgIpc) is 2.70. The normalized spacial score (nSPS) is 34.9. The second kappa shape index (κ2) is 4.49. The van der Waals surface area contributed by atoms with Gasteiger partial charge in [-0.3, -0.25) is 4.79 Å². The van der Waals surface area contributed by atoms with Gasteiger partial charge in [-0.05, 0) is 25.3 Å². The van der Waals surface area contributed by atoms with Gasteiger partial charge in [0.15, 0.2) is 0 Å². The van der Waals surface area contributed by atoms with E-state index in [2.05, 4.69) is 10.6 Å². The summed E-state index contributed by atoms with van der Waals surface area (Å²) in [5.74, 6) is 0.770. The van der Waals surface area contributed by atoms with Gasteiger partial charge in [-0.2, -0.15) is 0 Å². The molecule has 0 spiro atoms. The first-order valence-corrected chi connectivity index (χ1v) is 5.99. The van der Waals surface area contributed by atoms with Gasteiger partial charge in [0.2, 0.25) is 5.91 Å². The SMILES string of the molecule is NCCNC(=O)[C@@]12CCCC[C@H]1CNC2. The van der Waals surface area contributed by atoms with Gasteiger partial charge in [-0.25, -0.2) is 0 Å². The van der Waals surface area contributed by atoms with Crippen LogP contribution in [0.4, 0.5) is 0 Å². The van der Waals surface area contributed by atoms with E-state index in [1.165, 1.54) is 19.3 Å². The van der Waals surface area contributed by atoms with Crippen LogP contribution in [0, 0.1) is 11.3 Å². The third kappa shape index (κ3) is 1.88. The molecule has 4 heteroatoms. The molecule has 0 unspecified atom stereocenters. The second-order valence-electron chi connectivity index (χ2n) is 4.77. The molecule has 15 heavy (non-hydrogen) atoms. The van der Waals surface area contributed by atoms with E-state index in [0.29, 0.717) is 19.0 Å². The standard InChI is InChI=1S/C11H21N3O/c12-5-6-14-10(15)11-4-2-1-3-9(11)7-13-8-11/h9,13H,1-8,12H2,(H,14,15)/t9-,11+/m0/s1. The minimum atomic E-state index is -0.118. The van der Waals surface area contributed by atoms with Crippen LogP contribution in [-0.2, 0) is 4.79 Å². The molecule has 1 amide bonds. The van der Waals surface area contributed by atoms with Crippen molar-refractivity contribution in [1.29, 1.82) is 0 Å². The number of nitrogens with one attached hydrogen (secondary N) is 2. The largest absolute Gasteiger partial charge is 0.354 e. The maximum Gasteiger partial charge on any atom is 0.227 e. The van der Waals surface area contributed by atoms with Crippen molar-refractivity contribution < 1.29 is 4.79 Å². The zero-order chi connectivity index (χ0) is 10.7. The summed E-state index contributed by atoms with van der Waals surface area (Å²) in [5.41, 5.74) is 5.29. The first-order chi connectivity index (χ1) is 7.29. The quantitative estimate of drug-likeness (QED) is 0.608. The topological polar surface area (TPSA) is 67.1 Å². The van der Waals surface area contributed by atoms with Gasteiger partial charge >= 0.3 is 0 Å². The number of fused-ring (bicyclic) bond motifs is 1. The predicted molar refractivity (Wildman–Crippen MR) is 59.3 cm³/mol. The van der Waals surface area contributed by atoms with E-state index < -0.39 is 0 Å². The molecule has 2 fully saturated rings. The van der Waals surface area contributed by atoms with Gasteiger partial charge < -0.3 is 16.4 Å². The van der Waals surface area contributed by atoms with Crippen molar-refractivity contribution in [2.24, 2.45) is 17.1 Å². The van der Waals surface area contributed by atoms with Crippen LogP contribution in [0.25, 0.3) is 0 Å². The smallest absolute Gasteiger partial charge is 0.227 e. The number of carbonyl (C=O) groups excluding carboxylic acids is 1. The molecule has 4 nitrogen and oxygen atoms in total. The van der Waals surface area contributed by atoms with Crippen LogP contribution in [-0.4, -0.2) is 32.1 Å². The minimum absolute atomic E-state index is 0.118. The number of rotatable bonds is 3. The van der Waals surface area contributed by atoms with Crippen LogP contribution in [0.5, 0.6) is 0 Å². The molecule has 2 aliphatic rings. The van der Waals surface area contributed by atoms with E-state index in [-0.39, 0.29) is 11.3 Å². The Morgan fingerprint density at radius 1 is 1.53 bits per heavy atom. The lowest BCUT2D eigenvalue weighted by Gasteiger charge is -2.37. The summed E-state index contributed by atoms with van der Waals surface area (Å²) in [6.45, 7) is 3.00. The van der Waals surface area contributed by atoms with Crippen LogP contribution in [0.3, 0.4) is 0 Å². The van der Waals surface area contributed by atoms with Crippen molar-refractivity contribution >= 4 is 5.91 Å². The van der Waals surface area contributed by atoms with Gasteiger partial charge in [0, 0.05) is 19.6 Å². The van der Waals surface area contributed by atoms with E-state index in [0.717, 1.165) is 19.5 Å². The van der Waals surface area contributed by atoms with Gasteiger partial charge in [-0.1, -0.05) is 12.8 Å². The number of hydrogen-bond acceptors (Lipinski definition) is 3. The highest BCUT2D eigenvalue weighted by molar-refractivity contribution is 5.83. The van der Waals surface area contributed by atoms with Crippen molar-refractivity contribution in [3.05, 3.63) is 0 Å². The highest BCUT2D eigenvalue weighted by atomic mass is 16.2. The third-order valence-electron chi connectivity index (χ3n) is 3.92. The molecule has 2 atom stereocenters. The molecule has 0 aromatic heterocycles. The molecule has 1 heterocycles. The van der Waals surface area contributed by atoms with E-state index in [4.69, 9.17) is 5.73 Å². The van der Waals surface area contributed by atoms with Crippen molar-refractivity contribution in [2.45, 2.75) is 25.7 Å². The molecule has 1 saturated heterocycles. The summed E-state index contributed by atoms with van der Waals surface area (Å²) in [6, 6.07) is 0. The summed E-state index contributed by atoms with van der Waals surface area (Å²) >= 11 is 0.